The first-order valence-electron chi connectivity index (χ1n) is 9.30. The summed E-state index contributed by atoms with van der Waals surface area (Å²) < 4.78 is 21.3. The first kappa shape index (κ1) is 21.0. The molecule has 0 bridgehead atoms. The number of rotatable bonds is 8. The summed E-state index contributed by atoms with van der Waals surface area (Å²) in [5, 5.41) is 3.09. The highest BCUT2D eigenvalue weighted by atomic mass is 16.5. The van der Waals surface area contributed by atoms with E-state index >= 15 is 0 Å². The highest BCUT2D eigenvalue weighted by molar-refractivity contribution is 6.36. The van der Waals surface area contributed by atoms with Crippen LogP contribution in [0.5, 0.6) is 23.0 Å². The highest BCUT2D eigenvalue weighted by Gasteiger charge is 2.38. The Morgan fingerprint density at radius 3 is 2.10 bits per heavy atom. The van der Waals surface area contributed by atoms with E-state index < -0.39 is 5.91 Å². The Morgan fingerprint density at radius 1 is 0.800 bits per heavy atom. The topological polar surface area (TPSA) is 86.3 Å². The second-order valence-electron chi connectivity index (χ2n) is 6.37. The van der Waals surface area contributed by atoms with Crippen LogP contribution in [0, 0.1) is 0 Å². The molecule has 8 heteroatoms. The fourth-order valence-corrected chi connectivity index (χ4v) is 3.28. The van der Waals surface area contributed by atoms with Gasteiger partial charge in [0, 0.05) is 12.6 Å². The molecule has 2 aromatic carbocycles. The van der Waals surface area contributed by atoms with Crippen LogP contribution in [0.4, 0.5) is 5.69 Å². The number of hydrogen-bond donors (Lipinski definition) is 1. The summed E-state index contributed by atoms with van der Waals surface area (Å²) in [6, 6.07) is 10.2. The lowest BCUT2D eigenvalue weighted by Gasteiger charge is -2.14. The molecule has 0 spiro atoms. The lowest BCUT2D eigenvalue weighted by atomic mass is 10.0. The van der Waals surface area contributed by atoms with Gasteiger partial charge >= 0.3 is 0 Å². The fraction of sp³-hybridized carbons (Fsp3) is 0.273. The number of nitrogens with zero attached hydrogens (tertiary/aromatic N) is 1. The molecule has 2 amide bonds. The number of hydrogen-bond acceptors (Lipinski definition) is 7. The number of methoxy groups -OCH3 is 4. The molecule has 30 heavy (non-hydrogen) atoms. The minimum absolute atomic E-state index is 0.164. The summed E-state index contributed by atoms with van der Waals surface area (Å²) in [7, 11) is 6.11. The van der Waals surface area contributed by atoms with Crippen molar-refractivity contribution in [2.45, 2.75) is 6.92 Å². The molecule has 0 saturated carbocycles. The summed E-state index contributed by atoms with van der Waals surface area (Å²) in [6.07, 6.45) is 0. The zero-order valence-corrected chi connectivity index (χ0v) is 17.6. The lowest BCUT2D eigenvalue weighted by molar-refractivity contribution is -0.136. The van der Waals surface area contributed by atoms with E-state index in [0.29, 0.717) is 34.2 Å². The van der Waals surface area contributed by atoms with Crippen molar-refractivity contribution in [2.75, 3.05) is 40.3 Å². The maximum atomic E-state index is 13.0. The van der Waals surface area contributed by atoms with Gasteiger partial charge in [0.05, 0.1) is 39.7 Å². The predicted octanol–water partition coefficient (Wildman–Crippen LogP) is 2.93. The van der Waals surface area contributed by atoms with Gasteiger partial charge in [-0.1, -0.05) is 6.07 Å². The third-order valence-electron chi connectivity index (χ3n) is 4.82. The summed E-state index contributed by atoms with van der Waals surface area (Å²) in [5.74, 6) is 1.27. The fourth-order valence-electron chi connectivity index (χ4n) is 3.28. The Morgan fingerprint density at radius 2 is 1.50 bits per heavy atom. The first-order chi connectivity index (χ1) is 14.5. The molecule has 1 aliphatic rings. The van der Waals surface area contributed by atoms with E-state index in [1.54, 1.807) is 50.4 Å². The average molecular weight is 412 g/mol. The number of imide groups is 1. The molecule has 0 aliphatic carbocycles. The third kappa shape index (κ3) is 3.63. The van der Waals surface area contributed by atoms with Crippen molar-refractivity contribution in [1.82, 2.24) is 4.90 Å². The highest BCUT2D eigenvalue weighted by Crippen LogP contribution is 2.37. The minimum atomic E-state index is -0.412. The molecular weight excluding hydrogens is 388 g/mol. The van der Waals surface area contributed by atoms with Crippen LogP contribution >= 0.6 is 0 Å². The quantitative estimate of drug-likeness (QED) is 0.667. The average Bonchev–Trinajstić information content (AvgIpc) is 3.02. The van der Waals surface area contributed by atoms with Crippen molar-refractivity contribution >= 4 is 23.1 Å². The Labute approximate surface area is 175 Å². The molecule has 0 unspecified atom stereocenters. The van der Waals surface area contributed by atoms with Crippen LogP contribution in [0.1, 0.15) is 12.5 Å². The largest absolute Gasteiger partial charge is 0.497 e. The summed E-state index contributed by atoms with van der Waals surface area (Å²) in [6.45, 7) is 2.00. The molecule has 1 aliphatic heterocycles. The number of carbonyl (C=O) groups is 2. The van der Waals surface area contributed by atoms with Gasteiger partial charge in [0.25, 0.3) is 11.8 Å². The van der Waals surface area contributed by atoms with Crippen LogP contribution < -0.4 is 24.3 Å². The van der Waals surface area contributed by atoms with Crippen molar-refractivity contribution in [3.8, 4) is 23.0 Å². The molecule has 0 saturated heterocycles. The minimum Gasteiger partial charge on any atom is -0.497 e. The molecule has 1 N–H and O–H groups in total. The first-order valence-corrected chi connectivity index (χ1v) is 9.30. The number of ether oxygens (including phenoxy) is 4. The number of carbonyl (C=O) groups excluding carboxylic acids is 2. The normalized spacial score (nSPS) is 13.6. The van der Waals surface area contributed by atoms with Gasteiger partial charge in [0.1, 0.15) is 17.2 Å². The second kappa shape index (κ2) is 8.77. The molecule has 0 atom stereocenters. The van der Waals surface area contributed by atoms with Gasteiger partial charge in [0.15, 0.2) is 11.5 Å². The molecule has 2 aromatic rings. The van der Waals surface area contributed by atoms with E-state index in [1.165, 1.54) is 26.2 Å². The molecule has 0 fully saturated rings. The number of likely N-dealkylation sites (N-methyl/N-ethyl adjacent to an activating group) is 1. The van der Waals surface area contributed by atoms with E-state index in [1.807, 2.05) is 0 Å². The Bertz CT molecular complexity index is 1010. The van der Waals surface area contributed by atoms with Gasteiger partial charge in [-0.25, -0.2) is 0 Å². The summed E-state index contributed by atoms with van der Waals surface area (Å²) >= 11 is 0. The summed E-state index contributed by atoms with van der Waals surface area (Å²) in [5.41, 5.74) is 1.49. The van der Waals surface area contributed by atoms with Gasteiger partial charge in [-0.15, -0.1) is 0 Å². The van der Waals surface area contributed by atoms with Crippen LogP contribution in [0.15, 0.2) is 42.1 Å². The molecule has 0 aromatic heterocycles. The Balaban J connectivity index is 2.13. The van der Waals surface area contributed by atoms with Crippen LogP contribution in [-0.2, 0) is 9.59 Å². The van der Waals surface area contributed by atoms with E-state index in [4.69, 9.17) is 18.9 Å². The SMILES string of the molecule is CCN1C(=O)C(Nc2ccc(OC)cc2OC)=C(c2ccc(OC)c(OC)c2)C1=O. The molecular formula is C22H24N2O6. The third-order valence-corrected chi connectivity index (χ3v) is 4.82. The van der Waals surface area contributed by atoms with E-state index in [0.717, 1.165) is 0 Å². The maximum Gasteiger partial charge on any atom is 0.278 e. The molecule has 3 rings (SSSR count). The van der Waals surface area contributed by atoms with Crippen molar-refractivity contribution < 1.29 is 28.5 Å². The van der Waals surface area contributed by atoms with Crippen LogP contribution in [0.3, 0.4) is 0 Å². The summed E-state index contributed by atoms with van der Waals surface area (Å²) in [4.78, 5) is 27.2. The molecule has 8 nitrogen and oxygen atoms in total. The second-order valence-corrected chi connectivity index (χ2v) is 6.37. The molecule has 1 heterocycles. The van der Waals surface area contributed by atoms with Gasteiger partial charge < -0.3 is 24.3 Å². The predicted molar refractivity (Wildman–Crippen MR) is 112 cm³/mol. The van der Waals surface area contributed by atoms with Crippen LogP contribution in [0.25, 0.3) is 5.57 Å². The Hall–Kier alpha value is -3.68. The standard InChI is InChI=1S/C22H24N2O6/c1-6-24-21(25)19(13-7-10-16(28-3)18(11-13)30-5)20(22(24)26)23-15-9-8-14(27-2)12-17(15)29-4/h7-12,23H,6H2,1-5H3. The van der Waals surface area contributed by atoms with Crippen molar-refractivity contribution in [3.63, 3.8) is 0 Å². The lowest BCUT2D eigenvalue weighted by Crippen LogP contribution is -2.32. The van der Waals surface area contributed by atoms with Crippen molar-refractivity contribution in [2.24, 2.45) is 0 Å². The molecule has 158 valence electrons. The Kier molecular flexibility index (Phi) is 6.15. The zero-order chi connectivity index (χ0) is 21.8. The smallest absolute Gasteiger partial charge is 0.278 e. The van der Waals surface area contributed by atoms with Crippen LogP contribution in [0.2, 0.25) is 0 Å². The van der Waals surface area contributed by atoms with Gasteiger partial charge in [-0.3, -0.25) is 14.5 Å². The number of anilines is 1. The van der Waals surface area contributed by atoms with Crippen molar-refractivity contribution in [3.05, 3.63) is 47.7 Å². The zero-order valence-electron chi connectivity index (χ0n) is 17.6. The maximum absolute atomic E-state index is 13.0. The van der Waals surface area contributed by atoms with Gasteiger partial charge in [0.2, 0.25) is 0 Å². The van der Waals surface area contributed by atoms with Crippen molar-refractivity contribution in [1.29, 1.82) is 0 Å². The monoisotopic (exact) mass is 412 g/mol. The van der Waals surface area contributed by atoms with Gasteiger partial charge in [-0.2, -0.15) is 0 Å². The van der Waals surface area contributed by atoms with Gasteiger partial charge in [-0.05, 0) is 36.8 Å². The molecule has 0 radical (unpaired) electrons. The number of benzene rings is 2. The van der Waals surface area contributed by atoms with E-state index in [-0.39, 0.29) is 23.7 Å². The van der Waals surface area contributed by atoms with Crippen LogP contribution in [-0.4, -0.2) is 51.7 Å². The van der Waals surface area contributed by atoms with E-state index in [2.05, 4.69) is 5.32 Å². The number of amides is 2. The number of nitrogens with one attached hydrogen (secondary N) is 1. The van der Waals surface area contributed by atoms with E-state index in [9.17, 15) is 9.59 Å².